The van der Waals surface area contributed by atoms with Crippen LogP contribution in [0.25, 0.3) is 0 Å². The molecule has 0 radical (unpaired) electrons. The summed E-state index contributed by atoms with van der Waals surface area (Å²) in [4.78, 5) is 20.2. The van der Waals surface area contributed by atoms with Gasteiger partial charge in [0.2, 0.25) is 5.91 Å². The van der Waals surface area contributed by atoms with Gasteiger partial charge in [-0.15, -0.1) is 0 Å². The summed E-state index contributed by atoms with van der Waals surface area (Å²) in [7, 11) is 0. The molecule has 2 rings (SSSR count). The first kappa shape index (κ1) is 28.8. The number of halogens is 1. The second kappa shape index (κ2) is 18.2. The van der Waals surface area contributed by atoms with Crippen LogP contribution < -0.4 is 12.4 Å². The molecule has 2 heterocycles. The largest absolute Gasteiger partial charge is 1.00 e. The number of carbonyl (C=O) groups excluding carboxylic acids is 1. The van der Waals surface area contributed by atoms with Gasteiger partial charge in [0.1, 0.15) is 12.7 Å². The number of nitrogens with zero attached hydrogens (tertiary/aromatic N) is 2. The minimum absolute atomic E-state index is 0. The molecule has 0 N–H and O–H groups in total. The van der Waals surface area contributed by atoms with E-state index in [9.17, 15) is 4.79 Å². The Morgan fingerprint density at radius 1 is 0.812 bits per heavy atom. The third-order valence-electron chi connectivity index (χ3n) is 6.51. The van der Waals surface area contributed by atoms with Crippen molar-refractivity contribution in [2.24, 2.45) is 0 Å². The number of rotatable bonds is 17. The van der Waals surface area contributed by atoms with Gasteiger partial charge in [-0.3, -0.25) is 9.69 Å². The molecule has 0 bridgehead atoms. The first-order valence-corrected chi connectivity index (χ1v) is 13.1. The Hall–Kier alpha value is -1.26. The number of carbonyl (C=O) groups is 1. The van der Waals surface area contributed by atoms with E-state index in [0.29, 0.717) is 17.7 Å². The Morgan fingerprint density at radius 3 is 1.94 bits per heavy atom. The van der Waals surface area contributed by atoms with E-state index in [2.05, 4.69) is 13.1 Å². The van der Waals surface area contributed by atoms with Crippen LogP contribution in [-0.4, -0.2) is 35.2 Å². The molecule has 0 aromatic carbocycles. The Bertz CT molecular complexity index is 576. The average molecular weight is 467 g/mol. The summed E-state index contributed by atoms with van der Waals surface area (Å²) in [6, 6.07) is 0. The summed E-state index contributed by atoms with van der Waals surface area (Å²) in [5, 5.41) is 0. The van der Waals surface area contributed by atoms with Gasteiger partial charge in [-0.2, -0.15) is 0 Å². The summed E-state index contributed by atoms with van der Waals surface area (Å²) in [5.74, 6) is 0.261. The first-order valence-electron chi connectivity index (χ1n) is 13.1. The van der Waals surface area contributed by atoms with Crippen molar-refractivity contribution in [3.63, 3.8) is 0 Å². The lowest BCUT2D eigenvalue weighted by atomic mass is 10.0. The molecule has 0 aromatic heterocycles. The third-order valence-corrected chi connectivity index (χ3v) is 6.51. The lowest BCUT2D eigenvalue weighted by molar-refractivity contribution is -1.06. The Kier molecular flexibility index (Phi) is 16.4. The van der Waals surface area contributed by atoms with E-state index < -0.39 is 0 Å². The molecule has 5 heteroatoms. The van der Waals surface area contributed by atoms with Crippen LogP contribution in [0.1, 0.15) is 110 Å². The highest BCUT2D eigenvalue weighted by molar-refractivity contribution is 5.77. The van der Waals surface area contributed by atoms with Crippen molar-refractivity contribution >= 4 is 5.91 Å². The summed E-state index contributed by atoms with van der Waals surface area (Å²) in [5.41, 5.74) is 0. The van der Waals surface area contributed by atoms with E-state index in [1.807, 2.05) is 29.2 Å². The molecule has 0 aromatic rings. The van der Waals surface area contributed by atoms with Crippen LogP contribution in [0.2, 0.25) is 0 Å². The van der Waals surface area contributed by atoms with Crippen LogP contribution in [0.3, 0.4) is 0 Å². The van der Waals surface area contributed by atoms with Crippen molar-refractivity contribution in [2.75, 3.05) is 19.8 Å². The highest BCUT2D eigenvalue weighted by atomic mass is 35.5. The van der Waals surface area contributed by atoms with E-state index in [4.69, 9.17) is 4.84 Å². The van der Waals surface area contributed by atoms with Crippen molar-refractivity contribution in [1.29, 1.82) is 0 Å². The van der Waals surface area contributed by atoms with Gasteiger partial charge in [-0.25, -0.2) is 0 Å². The smallest absolute Gasteiger partial charge is 0.227 e. The highest BCUT2D eigenvalue weighted by Crippen LogP contribution is 2.21. The van der Waals surface area contributed by atoms with Crippen molar-refractivity contribution in [3.05, 3.63) is 36.8 Å². The van der Waals surface area contributed by atoms with E-state index >= 15 is 0 Å². The minimum Gasteiger partial charge on any atom is -1.00 e. The van der Waals surface area contributed by atoms with Crippen molar-refractivity contribution in [1.82, 2.24) is 4.90 Å². The molecule has 1 atom stereocenters. The van der Waals surface area contributed by atoms with Gasteiger partial charge in [0.25, 0.3) is 0 Å². The predicted octanol–water partition coefficient (Wildman–Crippen LogP) is 4.40. The molecular formula is C27H47ClN2O2. The monoisotopic (exact) mass is 466 g/mol. The van der Waals surface area contributed by atoms with Crippen LogP contribution in [-0.2, 0) is 9.63 Å². The second-order valence-electron chi connectivity index (χ2n) is 9.33. The molecule has 2 aliphatic rings. The van der Waals surface area contributed by atoms with Gasteiger partial charge < -0.3 is 17.2 Å². The third kappa shape index (κ3) is 12.1. The maximum atomic E-state index is 12.1. The summed E-state index contributed by atoms with van der Waals surface area (Å²) in [6.07, 6.45) is 32.6. The Balaban J connectivity index is 0.00000512. The van der Waals surface area contributed by atoms with Crippen LogP contribution >= 0.6 is 0 Å². The molecule has 1 unspecified atom stereocenters. The lowest BCUT2D eigenvalue weighted by Gasteiger charge is -2.34. The zero-order chi connectivity index (χ0) is 22.0. The Labute approximate surface area is 203 Å². The number of amides is 1. The first-order chi connectivity index (χ1) is 15.3. The van der Waals surface area contributed by atoms with Crippen molar-refractivity contribution in [2.45, 2.75) is 110 Å². The predicted molar refractivity (Wildman–Crippen MR) is 130 cm³/mol. The van der Waals surface area contributed by atoms with Crippen LogP contribution in [0.15, 0.2) is 36.8 Å². The van der Waals surface area contributed by atoms with Crippen LogP contribution in [0.5, 0.6) is 0 Å². The lowest BCUT2D eigenvalue weighted by Crippen LogP contribution is -3.00. The second-order valence-corrected chi connectivity index (χ2v) is 9.33. The SMILES string of the molecule is CCCCCCCCCCCCCCCC[N+]1(CN2CCCC2=O)C=CC=CC=CO1.[Cl-]. The minimum atomic E-state index is 0. The van der Waals surface area contributed by atoms with Crippen LogP contribution in [0.4, 0.5) is 0 Å². The van der Waals surface area contributed by atoms with E-state index in [1.54, 1.807) is 6.26 Å². The number of hydrogen-bond donors (Lipinski definition) is 0. The maximum Gasteiger partial charge on any atom is 0.227 e. The number of likely N-dealkylation sites (tertiary alicyclic amines) is 1. The molecule has 1 amide bonds. The number of unbranched alkanes of at least 4 members (excludes halogenated alkanes) is 13. The molecule has 0 saturated carbocycles. The van der Waals surface area contributed by atoms with Gasteiger partial charge in [-0.05, 0) is 25.0 Å². The molecule has 1 fully saturated rings. The highest BCUT2D eigenvalue weighted by Gasteiger charge is 2.34. The van der Waals surface area contributed by atoms with Crippen molar-refractivity contribution < 1.29 is 26.7 Å². The summed E-state index contributed by atoms with van der Waals surface area (Å²) < 4.78 is 0.394. The van der Waals surface area contributed by atoms with E-state index in [-0.39, 0.29) is 18.3 Å². The number of hydrogen-bond acceptors (Lipinski definition) is 2. The fourth-order valence-electron chi connectivity index (χ4n) is 4.57. The fourth-order valence-corrected chi connectivity index (χ4v) is 4.57. The molecular weight excluding hydrogens is 420 g/mol. The molecule has 1 saturated heterocycles. The van der Waals surface area contributed by atoms with Gasteiger partial charge >= 0.3 is 0 Å². The molecule has 2 aliphatic heterocycles. The fraction of sp³-hybridized carbons (Fsp3) is 0.741. The average Bonchev–Trinajstić information content (AvgIpc) is 3.15. The molecule has 4 nitrogen and oxygen atoms in total. The number of hydroxylamine groups is 3. The maximum absolute atomic E-state index is 12.1. The van der Waals surface area contributed by atoms with Gasteiger partial charge in [0.05, 0.1) is 0 Å². The molecule has 32 heavy (non-hydrogen) atoms. The van der Waals surface area contributed by atoms with Gasteiger partial charge in [0.15, 0.2) is 12.9 Å². The zero-order valence-corrected chi connectivity index (χ0v) is 21.2. The van der Waals surface area contributed by atoms with E-state index in [1.165, 1.54) is 83.5 Å². The molecule has 0 spiro atoms. The molecule has 184 valence electrons. The number of allylic oxidation sites excluding steroid dienone is 4. The molecule has 0 aliphatic carbocycles. The summed E-state index contributed by atoms with van der Waals surface area (Å²) in [6.45, 7) is 4.67. The Morgan fingerprint density at radius 2 is 1.38 bits per heavy atom. The quantitative estimate of drug-likeness (QED) is 0.235. The van der Waals surface area contributed by atoms with Crippen LogP contribution in [0, 0.1) is 0 Å². The number of quaternary nitrogens is 1. The summed E-state index contributed by atoms with van der Waals surface area (Å²) >= 11 is 0. The topological polar surface area (TPSA) is 29.5 Å². The van der Waals surface area contributed by atoms with Gasteiger partial charge in [-0.1, -0.05) is 101 Å². The van der Waals surface area contributed by atoms with E-state index in [0.717, 1.165) is 25.9 Å². The van der Waals surface area contributed by atoms with Gasteiger partial charge in [0, 0.05) is 19.4 Å². The van der Waals surface area contributed by atoms with Crippen molar-refractivity contribution in [3.8, 4) is 0 Å². The standard InChI is InChI=1S/C27H47N2O2.ClH/c1-2-3-4-5-6-7-8-9-10-11-12-13-14-17-23-29(24-18-15-16-19-25-31-29)26-28-22-20-21-27(28)30;/h15-16,18-19,24-25H,2-14,17,20-23,26H2,1H3;1H/q+1;/p-1. The normalized spacial score (nSPS) is 20.2. The zero-order valence-electron chi connectivity index (χ0n) is 20.5.